The van der Waals surface area contributed by atoms with Crippen LogP contribution in [0, 0.1) is 0 Å². The van der Waals surface area contributed by atoms with Crippen LogP contribution in [0.15, 0.2) is 53.9 Å². The summed E-state index contributed by atoms with van der Waals surface area (Å²) in [5.74, 6) is 2.45. The Hall–Kier alpha value is -3.40. The second-order valence-corrected chi connectivity index (χ2v) is 5.92. The summed E-state index contributed by atoms with van der Waals surface area (Å²) < 4.78 is 7.12. The van der Waals surface area contributed by atoms with E-state index < -0.39 is 0 Å². The third-order valence-corrected chi connectivity index (χ3v) is 3.94. The molecule has 0 spiro atoms. The zero-order valence-electron chi connectivity index (χ0n) is 13.7. The molecule has 9 nitrogen and oxygen atoms in total. The minimum atomic E-state index is 0.237. The lowest BCUT2D eigenvalue weighted by molar-refractivity contribution is 0.482. The number of rotatable bonds is 5. The molecule has 26 heavy (non-hydrogen) atoms. The Balaban J connectivity index is 1.52. The molecule has 0 fully saturated rings. The average molecular weight is 366 g/mol. The van der Waals surface area contributed by atoms with Gasteiger partial charge in [-0.25, -0.2) is 0 Å². The fourth-order valence-corrected chi connectivity index (χ4v) is 2.57. The second kappa shape index (κ2) is 6.84. The van der Waals surface area contributed by atoms with Gasteiger partial charge in [-0.1, -0.05) is 11.8 Å². The van der Waals surface area contributed by atoms with Crippen molar-refractivity contribution in [2.45, 2.75) is 5.16 Å². The van der Waals surface area contributed by atoms with Gasteiger partial charge in [0.05, 0.1) is 0 Å². The number of aromatic nitrogens is 6. The van der Waals surface area contributed by atoms with E-state index in [0.717, 1.165) is 11.4 Å². The zero-order valence-corrected chi connectivity index (χ0v) is 14.5. The first-order valence-corrected chi connectivity index (χ1v) is 8.83. The third-order valence-electron chi connectivity index (χ3n) is 3.39. The largest absolute Gasteiger partial charge is 0.457 e. The number of pyridine rings is 1. The number of fused-ring (bicyclic) bond motifs is 1. The Morgan fingerprint density at radius 2 is 1.73 bits per heavy atom. The maximum Gasteiger partial charge on any atom is 0.259 e. The molecule has 130 valence electrons. The predicted molar refractivity (Wildman–Crippen MR) is 98.8 cm³/mol. The van der Waals surface area contributed by atoms with Gasteiger partial charge >= 0.3 is 0 Å². The number of nitrogens with zero attached hydrogens (tertiary/aromatic N) is 6. The molecule has 0 bridgehead atoms. The Bertz CT molecular complexity index is 1040. The molecular formula is C16H14N8OS. The lowest BCUT2D eigenvalue weighted by Gasteiger charge is -2.06. The van der Waals surface area contributed by atoms with Gasteiger partial charge in [0, 0.05) is 18.1 Å². The van der Waals surface area contributed by atoms with Crippen LogP contribution in [0.4, 0.5) is 17.6 Å². The van der Waals surface area contributed by atoms with Crippen molar-refractivity contribution in [2.75, 3.05) is 17.3 Å². The maximum atomic E-state index is 5.88. The molecule has 0 aliphatic heterocycles. The summed E-state index contributed by atoms with van der Waals surface area (Å²) in [5.41, 5.74) is 6.68. The maximum absolute atomic E-state index is 5.88. The van der Waals surface area contributed by atoms with Crippen LogP contribution in [0.25, 0.3) is 5.78 Å². The third kappa shape index (κ3) is 3.35. The molecule has 0 aliphatic carbocycles. The van der Waals surface area contributed by atoms with Crippen molar-refractivity contribution >= 4 is 35.1 Å². The van der Waals surface area contributed by atoms with Gasteiger partial charge < -0.3 is 15.8 Å². The fraction of sp³-hybridized carbons (Fsp3) is 0.0625. The van der Waals surface area contributed by atoms with E-state index in [-0.39, 0.29) is 5.95 Å². The number of hydrogen-bond donors (Lipinski definition) is 2. The Labute approximate surface area is 152 Å². The highest BCUT2D eigenvalue weighted by Gasteiger charge is 2.10. The molecule has 0 aliphatic rings. The molecule has 3 heterocycles. The molecule has 0 saturated heterocycles. The molecule has 0 amide bonds. The van der Waals surface area contributed by atoms with Crippen LogP contribution >= 0.6 is 11.8 Å². The van der Waals surface area contributed by atoms with Crippen LogP contribution in [-0.4, -0.2) is 35.8 Å². The second-order valence-electron chi connectivity index (χ2n) is 5.15. The average Bonchev–Trinajstić information content (AvgIpc) is 3.07. The smallest absolute Gasteiger partial charge is 0.259 e. The van der Waals surface area contributed by atoms with E-state index in [2.05, 4.69) is 30.4 Å². The molecule has 10 heteroatoms. The van der Waals surface area contributed by atoms with E-state index in [1.54, 1.807) is 24.5 Å². The van der Waals surface area contributed by atoms with Crippen LogP contribution in [0.5, 0.6) is 11.5 Å². The van der Waals surface area contributed by atoms with Gasteiger partial charge in [0.15, 0.2) is 5.16 Å². The van der Waals surface area contributed by atoms with Crippen LogP contribution in [0.2, 0.25) is 0 Å². The van der Waals surface area contributed by atoms with Gasteiger partial charge in [0.1, 0.15) is 11.5 Å². The highest BCUT2D eigenvalue weighted by Crippen LogP contribution is 2.23. The highest BCUT2D eigenvalue weighted by molar-refractivity contribution is 7.98. The van der Waals surface area contributed by atoms with Crippen molar-refractivity contribution < 1.29 is 4.74 Å². The van der Waals surface area contributed by atoms with Crippen molar-refractivity contribution in [2.24, 2.45) is 0 Å². The molecule has 3 N–H and O–H groups in total. The number of benzene rings is 1. The lowest BCUT2D eigenvalue weighted by atomic mass is 10.3. The molecule has 4 rings (SSSR count). The Morgan fingerprint density at radius 1 is 1.00 bits per heavy atom. The molecule has 3 aromatic heterocycles. The van der Waals surface area contributed by atoms with Gasteiger partial charge in [0.25, 0.3) is 5.78 Å². The van der Waals surface area contributed by atoms with Gasteiger partial charge in [-0.3, -0.25) is 4.98 Å². The van der Waals surface area contributed by atoms with E-state index in [0.29, 0.717) is 22.6 Å². The summed E-state index contributed by atoms with van der Waals surface area (Å²) in [6.45, 7) is 0. The first-order valence-electron chi connectivity index (χ1n) is 7.60. The summed E-state index contributed by atoms with van der Waals surface area (Å²) in [4.78, 5) is 16.7. The van der Waals surface area contributed by atoms with Gasteiger partial charge in [-0.15, -0.1) is 5.10 Å². The first-order chi connectivity index (χ1) is 12.7. The lowest BCUT2D eigenvalue weighted by Crippen LogP contribution is -2.04. The van der Waals surface area contributed by atoms with E-state index in [1.807, 2.05) is 30.5 Å². The molecule has 4 aromatic rings. The molecule has 0 unspecified atom stereocenters. The SMILES string of the molecule is CSc1nc(N)n2nc(Nc3ccc(Oc4ccncc4)cc3)nc2n1. The monoisotopic (exact) mass is 366 g/mol. The molecular weight excluding hydrogens is 352 g/mol. The van der Waals surface area contributed by atoms with Crippen LogP contribution in [0.1, 0.15) is 0 Å². The Kier molecular flexibility index (Phi) is 4.23. The van der Waals surface area contributed by atoms with Crippen LogP contribution < -0.4 is 15.8 Å². The minimum Gasteiger partial charge on any atom is -0.457 e. The molecule has 0 saturated carbocycles. The summed E-state index contributed by atoms with van der Waals surface area (Å²) in [6.07, 6.45) is 5.23. The van der Waals surface area contributed by atoms with Crippen LogP contribution in [0.3, 0.4) is 0 Å². The van der Waals surface area contributed by atoms with E-state index >= 15 is 0 Å². The quantitative estimate of drug-likeness (QED) is 0.514. The highest BCUT2D eigenvalue weighted by atomic mass is 32.2. The zero-order chi connectivity index (χ0) is 17.9. The first kappa shape index (κ1) is 16.1. The number of ether oxygens (including phenoxy) is 1. The van der Waals surface area contributed by atoms with E-state index in [4.69, 9.17) is 10.5 Å². The standard InChI is InChI=1S/C16H14N8OS/c1-26-16-20-13(17)24-15(22-16)21-14(23-24)19-10-2-4-11(5-3-10)25-12-6-8-18-9-7-12/h2-9H,1H3,(H3,17,19,20,21,22,23). The summed E-state index contributed by atoms with van der Waals surface area (Å²) >= 11 is 1.39. The number of anilines is 3. The van der Waals surface area contributed by atoms with Crippen molar-refractivity contribution in [1.82, 2.24) is 29.5 Å². The molecule has 1 aromatic carbocycles. The van der Waals surface area contributed by atoms with E-state index in [9.17, 15) is 0 Å². The Morgan fingerprint density at radius 3 is 2.46 bits per heavy atom. The number of thioether (sulfide) groups is 1. The van der Waals surface area contributed by atoms with Crippen molar-refractivity contribution in [3.63, 3.8) is 0 Å². The summed E-state index contributed by atoms with van der Waals surface area (Å²) in [5, 5.41) is 7.93. The number of nitrogen functional groups attached to an aromatic ring is 1. The number of hydrogen-bond acceptors (Lipinski definition) is 9. The number of nitrogens with one attached hydrogen (secondary N) is 1. The van der Waals surface area contributed by atoms with Crippen molar-refractivity contribution in [3.8, 4) is 11.5 Å². The van der Waals surface area contributed by atoms with Gasteiger partial charge in [-0.05, 0) is 42.7 Å². The topological polar surface area (TPSA) is 116 Å². The summed E-state index contributed by atoms with van der Waals surface area (Å²) in [7, 11) is 0. The van der Waals surface area contributed by atoms with E-state index in [1.165, 1.54) is 16.3 Å². The summed E-state index contributed by atoms with van der Waals surface area (Å²) in [6, 6.07) is 11.0. The van der Waals surface area contributed by atoms with Gasteiger partial charge in [-0.2, -0.15) is 19.5 Å². The van der Waals surface area contributed by atoms with Crippen molar-refractivity contribution in [1.29, 1.82) is 0 Å². The number of nitrogens with two attached hydrogens (primary N) is 1. The molecule has 0 atom stereocenters. The minimum absolute atomic E-state index is 0.237. The van der Waals surface area contributed by atoms with Gasteiger partial charge in [0.2, 0.25) is 11.9 Å². The molecule has 0 radical (unpaired) electrons. The van der Waals surface area contributed by atoms with Crippen molar-refractivity contribution in [3.05, 3.63) is 48.8 Å². The normalized spacial score (nSPS) is 10.8. The fourth-order valence-electron chi connectivity index (χ4n) is 2.21. The van der Waals surface area contributed by atoms with Crippen LogP contribution in [-0.2, 0) is 0 Å². The predicted octanol–water partition coefficient (Wildman–Crippen LogP) is 2.75.